The molecule has 0 aliphatic heterocycles. The van der Waals surface area contributed by atoms with Crippen LogP contribution in [0.3, 0.4) is 0 Å². The van der Waals surface area contributed by atoms with Crippen LogP contribution in [0.5, 0.6) is 0 Å². The number of nitrogens with one attached hydrogen (secondary N) is 1. The Bertz CT molecular complexity index is 1140. The SMILES string of the molecule is CCn1c(CCC(=O)NC(C)c2cccnc2)nc2cc(S(=O)(=O)N(C)C)ccc21. The second-order valence-corrected chi connectivity index (χ2v) is 9.44. The van der Waals surface area contributed by atoms with E-state index < -0.39 is 10.0 Å². The van der Waals surface area contributed by atoms with Gasteiger partial charge in [-0.05, 0) is 43.7 Å². The first-order valence-electron chi connectivity index (χ1n) is 9.85. The normalized spacial score (nSPS) is 13.0. The topological polar surface area (TPSA) is 97.2 Å². The molecule has 0 spiro atoms. The van der Waals surface area contributed by atoms with Crippen LogP contribution < -0.4 is 5.32 Å². The number of carbonyl (C=O) groups is 1. The number of rotatable bonds is 8. The van der Waals surface area contributed by atoms with Gasteiger partial charge in [-0.3, -0.25) is 9.78 Å². The summed E-state index contributed by atoms with van der Waals surface area (Å²) in [5.41, 5.74) is 2.41. The fourth-order valence-corrected chi connectivity index (χ4v) is 4.25. The van der Waals surface area contributed by atoms with Gasteiger partial charge in [-0.1, -0.05) is 6.07 Å². The van der Waals surface area contributed by atoms with Crippen LogP contribution in [-0.4, -0.2) is 47.3 Å². The predicted octanol–water partition coefficient (Wildman–Crippen LogP) is 2.51. The van der Waals surface area contributed by atoms with Crippen molar-refractivity contribution in [3.63, 3.8) is 0 Å². The Morgan fingerprint density at radius 2 is 2.03 bits per heavy atom. The molecule has 0 radical (unpaired) electrons. The maximum absolute atomic E-state index is 12.4. The van der Waals surface area contributed by atoms with Crippen molar-refractivity contribution in [2.45, 2.75) is 44.2 Å². The van der Waals surface area contributed by atoms with Crippen LogP contribution in [0, 0.1) is 0 Å². The Kier molecular flexibility index (Phi) is 6.52. The van der Waals surface area contributed by atoms with Gasteiger partial charge in [-0.25, -0.2) is 17.7 Å². The molecule has 0 aliphatic carbocycles. The summed E-state index contributed by atoms with van der Waals surface area (Å²) in [6, 6.07) is 8.59. The van der Waals surface area contributed by atoms with Gasteiger partial charge in [0.2, 0.25) is 15.9 Å². The summed E-state index contributed by atoms with van der Waals surface area (Å²) in [5.74, 6) is 0.688. The number of nitrogens with zero attached hydrogens (tertiary/aromatic N) is 4. The van der Waals surface area contributed by atoms with E-state index in [9.17, 15) is 13.2 Å². The average Bonchev–Trinajstić information content (AvgIpc) is 3.09. The van der Waals surface area contributed by atoms with E-state index in [0.717, 1.165) is 16.9 Å². The van der Waals surface area contributed by atoms with Gasteiger partial charge in [0.1, 0.15) is 5.82 Å². The quantitative estimate of drug-likeness (QED) is 0.593. The molecule has 1 aromatic carbocycles. The first-order chi connectivity index (χ1) is 14.2. The highest BCUT2D eigenvalue weighted by molar-refractivity contribution is 7.89. The van der Waals surface area contributed by atoms with Gasteiger partial charge in [-0.15, -0.1) is 0 Å². The van der Waals surface area contributed by atoms with Crippen LogP contribution in [0.25, 0.3) is 11.0 Å². The number of hydrogen-bond donors (Lipinski definition) is 1. The van der Waals surface area contributed by atoms with E-state index in [0.29, 0.717) is 18.5 Å². The van der Waals surface area contributed by atoms with Crippen molar-refractivity contribution < 1.29 is 13.2 Å². The number of aryl methyl sites for hydroxylation is 2. The van der Waals surface area contributed by atoms with Crippen LogP contribution >= 0.6 is 0 Å². The van der Waals surface area contributed by atoms with Crippen molar-refractivity contribution in [3.05, 3.63) is 54.1 Å². The third kappa shape index (κ3) is 4.52. The highest BCUT2D eigenvalue weighted by Gasteiger charge is 2.20. The Morgan fingerprint density at radius 3 is 2.67 bits per heavy atom. The summed E-state index contributed by atoms with van der Waals surface area (Å²) in [4.78, 5) is 21.3. The minimum Gasteiger partial charge on any atom is -0.350 e. The molecule has 1 unspecified atom stereocenters. The molecular formula is C21H27N5O3S. The van der Waals surface area contributed by atoms with E-state index in [1.54, 1.807) is 30.6 Å². The molecule has 1 amide bonds. The zero-order valence-corrected chi connectivity index (χ0v) is 18.5. The number of hydrogen-bond acceptors (Lipinski definition) is 5. The van der Waals surface area contributed by atoms with E-state index in [1.165, 1.54) is 18.4 Å². The molecule has 2 heterocycles. The maximum Gasteiger partial charge on any atom is 0.242 e. The minimum absolute atomic E-state index is 0.0723. The van der Waals surface area contributed by atoms with Gasteiger partial charge in [0.25, 0.3) is 0 Å². The summed E-state index contributed by atoms with van der Waals surface area (Å²) in [6.07, 6.45) is 4.18. The van der Waals surface area contributed by atoms with Crippen molar-refractivity contribution in [2.75, 3.05) is 14.1 Å². The molecule has 3 rings (SSSR count). The predicted molar refractivity (Wildman–Crippen MR) is 115 cm³/mol. The van der Waals surface area contributed by atoms with Crippen LogP contribution in [0.1, 0.15) is 37.7 Å². The molecule has 2 aromatic heterocycles. The van der Waals surface area contributed by atoms with E-state index >= 15 is 0 Å². The second-order valence-electron chi connectivity index (χ2n) is 7.29. The zero-order valence-electron chi connectivity index (χ0n) is 17.7. The lowest BCUT2D eigenvalue weighted by atomic mass is 10.1. The van der Waals surface area contributed by atoms with Gasteiger partial charge in [0.05, 0.1) is 22.0 Å². The number of aromatic nitrogens is 3. The van der Waals surface area contributed by atoms with Crippen molar-refractivity contribution in [2.24, 2.45) is 0 Å². The van der Waals surface area contributed by atoms with Crippen LogP contribution in [0.15, 0.2) is 47.6 Å². The van der Waals surface area contributed by atoms with Crippen LogP contribution in [0.2, 0.25) is 0 Å². The number of imidazole rings is 1. The number of sulfonamides is 1. The van der Waals surface area contributed by atoms with Gasteiger partial charge < -0.3 is 9.88 Å². The van der Waals surface area contributed by atoms with Gasteiger partial charge in [-0.2, -0.15) is 0 Å². The molecule has 160 valence electrons. The third-order valence-corrected chi connectivity index (χ3v) is 6.84. The first kappa shape index (κ1) is 21.9. The summed E-state index contributed by atoms with van der Waals surface area (Å²) < 4.78 is 28.0. The van der Waals surface area contributed by atoms with Crippen molar-refractivity contribution in [1.29, 1.82) is 0 Å². The van der Waals surface area contributed by atoms with Crippen molar-refractivity contribution >= 4 is 27.0 Å². The Hall–Kier alpha value is -2.78. The molecule has 1 N–H and O–H groups in total. The molecular weight excluding hydrogens is 402 g/mol. The lowest BCUT2D eigenvalue weighted by Gasteiger charge is -2.14. The van der Waals surface area contributed by atoms with E-state index in [-0.39, 0.29) is 23.3 Å². The number of pyridine rings is 1. The zero-order chi connectivity index (χ0) is 21.9. The molecule has 0 fully saturated rings. The molecule has 30 heavy (non-hydrogen) atoms. The fraction of sp³-hybridized carbons (Fsp3) is 0.381. The third-order valence-electron chi connectivity index (χ3n) is 5.03. The van der Waals surface area contributed by atoms with E-state index in [4.69, 9.17) is 0 Å². The molecule has 0 saturated carbocycles. The minimum atomic E-state index is -3.53. The lowest BCUT2D eigenvalue weighted by Crippen LogP contribution is -2.27. The molecule has 0 bridgehead atoms. The highest BCUT2D eigenvalue weighted by Crippen LogP contribution is 2.23. The van der Waals surface area contributed by atoms with Gasteiger partial charge in [0, 0.05) is 45.9 Å². The summed E-state index contributed by atoms with van der Waals surface area (Å²) in [6.45, 7) is 4.60. The maximum atomic E-state index is 12.4. The number of carbonyl (C=O) groups excluding carboxylic acids is 1. The van der Waals surface area contributed by atoms with Gasteiger partial charge >= 0.3 is 0 Å². The fourth-order valence-electron chi connectivity index (χ4n) is 3.33. The van der Waals surface area contributed by atoms with Crippen molar-refractivity contribution in [3.8, 4) is 0 Å². The number of benzene rings is 1. The molecule has 3 aromatic rings. The molecule has 9 heteroatoms. The lowest BCUT2D eigenvalue weighted by molar-refractivity contribution is -0.121. The monoisotopic (exact) mass is 429 g/mol. The Morgan fingerprint density at radius 1 is 1.27 bits per heavy atom. The molecule has 8 nitrogen and oxygen atoms in total. The largest absolute Gasteiger partial charge is 0.350 e. The highest BCUT2D eigenvalue weighted by atomic mass is 32.2. The summed E-state index contributed by atoms with van der Waals surface area (Å²) in [5, 5.41) is 2.98. The van der Waals surface area contributed by atoms with Crippen LogP contribution in [0.4, 0.5) is 0 Å². The standard InChI is InChI=1S/C21H27N5O3S/c1-5-26-19-9-8-17(30(28,29)25(3)4)13-18(19)24-20(26)10-11-21(27)23-15(2)16-7-6-12-22-14-16/h6-9,12-15H,5,10-11H2,1-4H3,(H,23,27). The number of fused-ring (bicyclic) bond motifs is 1. The first-order valence-corrected chi connectivity index (χ1v) is 11.3. The average molecular weight is 430 g/mol. The summed E-state index contributed by atoms with van der Waals surface area (Å²) >= 11 is 0. The smallest absolute Gasteiger partial charge is 0.242 e. The van der Waals surface area contributed by atoms with E-state index in [2.05, 4.69) is 15.3 Å². The Labute approximate surface area is 177 Å². The molecule has 0 aliphatic rings. The van der Waals surface area contributed by atoms with Gasteiger partial charge in [0.15, 0.2) is 0 Å². The summed E-state index contributed by atoms with van der Waals surface area (Å²) in [7, 11) is -0.528. The van der Waals surface area contributed by atoms with E-state index in [1.807, 2.05) is 30.5 Å². The second kappa shape index (κ2) is 8.93. The molecule has 0 saturated heterocycles. The van der Waals surface area contributed by atoms with Crippen LogP contribution in [-0.2, 0) is 27.8 Å². The molecule has 1 atom stereocenters. The number of amides is 1. The van der Waals surface area contributed by atoms with Crippen molar-refractivity contribution in [1.82, 2.24) is 24.2 Å². The Balaban J connectivity index is 1.76.